The second kappa shape index (κ2) is 7.44. The maximum Gasteiger partial charge on any atom is 0.255 e. The molecule has 1 aromatic carbocycles. The van der Waals surface area contributed by atoms with Crippen LogP contribution < -0.4 is 5.56 Å². The van der Waals surface area contributed by atoms with E-state index in [2.05, 4.69) is 40.6 Å². The summed E-state index contributed by atoms with van der Waals surface area (Å²) >= 11 is 0. The van der Waals surface area contributed by atoms with Crippen LogP contribution in [-0.2, 0) is 24.9 Å². The van der Waals surface area contributed by atoms with Gasteiger partial charge in [0.2, 0.25) is 0 Å². The standard InChI is InChI=1S/C23H26N4O2/c1-23(2,3)18-8-4-6-16(20(18)28)13-27-11-9-19-17(14-27)22(29)26-21(25-19)15-7-5-10-24-12-15/h4-8,10,12,28H,9,11,13-14H2,1-3H3,(H,25,26,29). The maximum atomic E-state index is 12.7. The maximum absolute atomic E-state index is 12.7. The third-order valence-corrected chi connectivity index (χ3v) is 5.40. The van der Waals surface area contributed by atoms with Crippen LogP contribution >= 0.6 is 0 Å². The smallest absolute Gasteiger partial charge is 0.255 e. The molecule has 6 nitrogen and oxygen atoms in total. The minimum absolute atomic E-state index is 0.105. The van der Waals surface area contributed by atoms with Crippen molar-refractivity contribution in [3.63, 3.8) is 0 Å². The highest BCUT2D eigenvalue weighted by atomic mass is 16.3. The van der Waals surface area contributed by atoms with Gasteiger partial charge in [-0.05, 0) is 23.1 Å². The number of rotatable bonds is 3. The van der Waals surface area contributed by atoms with Gasteiger partial charge in [-0.25, -0.2) is 4.98 Å². The average Bonchev–Trinajstić information content (AvgIpc) is 2.69. The second-order valence-electron chi connectivity index (χ2n) is 8.61. The molecule has 150 valence electrons. The van der Waals surface area contributed by atoms with Crippen molar-refractivity contribution in [2.45, 2.75) is 45.7 Å². The summed E-state index contributed by atoms with van der Waals surface area (Å²) in [7, 11) is 0. The molecule has 29 heavy (non-hydrogen) atoms. The number of benzene rings is 1. The van der Waals surface area contributed by atoms with Gasteiger partial charge in [-0.15, -0.1) is 0 Å². The van der Waals surface area contributed by atoms with Crippen LogP contribution in [0.4, 0.5) is 0 Å². The minimum atomic E-state index is -0.127. The molecule has 0 amide bonds. The largest absolute Gasteiger partial charge is 0.507 e. The number of H-pyrrole nitrogens is 1. The Balaban J connectivity index is 1.58. The Morgan fingerprint density at radius 1 is 1.21 bits per heavy atom. The summed E-state index contributed by atoms with van der Waals surface area (Å²) in [4.78, 5) is 26.6. The number of aromatic amines is 1. The molecule has 3 heterocycles. The molecule has 0 bridgehead atoms. The quantitative estimate of drug-likeness (QED) is 0.716. The van der Waals surface area contributed by atoms with Crippen molar-refractivity contribution in [1.82, 2.24) is 19.9 Å². The third-order valence-electron chi connectivity index (χ3n) is 5.40. The number of hydrogen-bond donors (Lipinski definition) is 2. The summed E-state index contributed by atoms with van der Waals surface area (Å²) in [6.45, 7) is 8.17. The molecular weight excluding hydrogens is 364 g/mol. The second-order valence-corrected chi connectivity index (χ2v) is 8.61. The van der Waals surface area contributed by atoms with Gasteiger partial charge in [-0.3, -0.25) is 14.7 Å². The van der Waals surface area contributed by atoms with E-state index < -0.39 is 0 Å². The van der Waals surface area contributed by atoms with Crippen molar-refractivity contribution in [3.05, 3.63) is 75.5 Å². The molecule has 1 aliphatic rings. The Morgan fingerprint density at radius 3 is 2.76 bits per heavy atom. The van der Waals surface area contributed by atoms with Crippen LogP contribution in [0.2, 0.25) is 0 Å². The Kier molecular flexibility index (Phi) is 4.96. The molecule has 6 heteroatoms. The fourth-order valence-corrected chi connectivity index (χ4v) is 3.82. The van der Waals surface area contributed by atoms with E-state index in [9.17, 15) is 9.90 Å². The Bertz CT molecular complexity index is 1080. The molecule has 1 aliphatic heterocycles. The lowest BCUT2D eigenvalue weighted by Crippen LogP contribution is -2.35. The molecule has 0 spiro atoms. The van der Waals surface area contributed by atoms with Gasteiger partial charge in [0, 0.05) is 49.6 Å². The zero-order valence-electron chi connectivity index (χ0n) is 17.1. The van der Waals surface area contributed by atoms with Gasteiger partial charge < -0.3 is 10.1 Å². The number of para-hydroxylation sites is 1. The predicted octanol–water partition coefficient (Wildman–Crippen LogP) is 3.39. The van der Waals surface area contributed by atoms with Gasteiger partial charge in [-0.1, -0.05) is 39.0 Å². The van der Waals surface area contributed by atoms with E-state index in [0.717, 1.165) is 28.9 Å². The summed E-state index contributed by atoms with van der Waals surface area (Å²) in [5.74, 6) is 0.913. The van der Waals surface area contributed by atoms with Crippen molar-refractivity contribution < 1.29 is 5.11 Å². The van der Waals surface area contributed by atoms with Gasteiger partial charge in [0.25, 0.3) is 5.56 Å². The first-order valence-electron chi connectivity index (χ1n) is 9.89. The number of aromatic nitrogens is 3. The highest BCUT2D eigenvalue weighted by Crippen LogP contribution is 2.34. The van der Waals surface area contributed by atoms with Crippen molar-refractivity contribution in [3.8, 4) is 17.1 Å². The van der Waals surface area contributed by atoms with Gasteiger partial charge in [0.05, 0.1) is 11.3 Å². The first-order valence-corrected chi connectivity index (χ1v) is 9.89. The number of nitrogens with one attached hydrogen (secondary N) is 1. The van der Waals surface area contributed by atoms with Crippen molar-refractivity contribution in [2.24, 2.45) is 0 Å². The van der Waals surface area contributed by atoms with Crippen molar-refractivity contribution in [1.29, 1.82) is 0 Å². The highest BCUT2D eigenvalue weighted by molar-refractivity contribution is 5.53. The molecule has 0 fully saturated rings. The Hall–Kier alpha value is -2.99. The number of fused-ring (bicyclic) bond motifs is 1. The first kappa shape index (κ1) is 19.3. The monoisotopic (exact) mass is 390 g/mol. The molecule has 0 atom stereocenters. The molecule has 2 N–H and O–H groups in total. The lowest BCUT2D eigenvalue weighted by molar-refractivity contribution is 0.238. The molecular formula is C23H26N4O2. The molecule has 2 aromatic heterocycles. The summed E-state index contributed by atoms with van der Waals surface area (Å²) in [5, 5.41) is 10.8. The van der Waals surface area contributed by atoms with E-state index in [1.807, 2.05) is 30.3 Å². The van der Waals surface area contributed by atoms with Crippen LogP contribution in [0.5, 0.6) is 5.75 Å². The average molecular weight is 390 g/mol. The normalized spacial score (nSPS) is 14.6. The fraction of sp³-hybridized carbons (Fsp3) is 0.348. The highest BCUT2D eigenvalue weighted by Gasteiger charge is 2.24. The van der Waals surface area contributed by atoms with Crippen molar-refractivity contribution in [2.75, 3.05) is 6.54 Å². The third kappa shape index (κ3) is 3.93. The summed E-state index contributed by atoms with van der Waals surface area (Å²) in [5.41, 5.74) is 3.94. The molecule has 0 radical (unpaired) electrons. The number of aromatic hydroxyl groups is 1. The number of phenolic OH excluding ortho intramolecular Hbond substituents is 1. The predicted molar refractivity (Wildman–Crippen MR) is 113 cm³/mol. The van der Waals surface area contributed by atoms with Crippen LogP contribution in [0, 0.1) is 0 Å². The van der Waals surface area contributed by atoms with E-state index in [4.69, 9.17) is 0 Å². The molecule has 0 saturated carbocycles. The topological polar surface area (TPSA) is 82.1 Å². The first-order chi connectivity index (χ1) is 13.8. The van der Waals surface area contributed by atoms with Gasteiger partial charge in [0.1, 0.15) is 11.6 Å². The van der Waals surface area contributed by atoms with E-state index >= 15 is 0 Å². The van der Waals surface area contributed by atoms with E-state index in [0.29, 0.717) is 36.6 Å². The fourth-order valence-electron chi connectivity index (χ4n) is 3.82. The lowest BCUT2D eigenvalue weighted by atomic mass is 9.85. The minimum Gasteiger partial charge on any atom is -0.507 e. The van der Waals surface area contributed by atoms with Crippen LogP contribution in [0.25, 0.3) is 11.4 Å². The SMILES string of the molecule is CC(C)(C)c1cccc(CN2CCc3nc(-c4cccnc4)[nH]c(=O)c3C2)c1O. The Labute approximate surface area is 170 Å². The van der Waals surface area contributed by atoms with Crippen molar-refractivity contribution >= 4 is 0 Å². The van der Waals surface area contributed by atoms with Crippen LogP contribution in [0.1, 0.15) is 43.2 Å². The summed E-state index contributed by atoms with van der Waals surface area (Å²) in [6.07, 6.45) is 4.10. The zero-order chi connectivity index (χ0) is 20.6. The van der Waals surface area contributed by atoms with Crippen LogP contribution in [0.15, 0.2) is 47.5 Å². The number of hydrogen-bond acceptors (Lipinski definition) is 5. The van der Waals surface area contributed by atoms with E-state index in [1.54, 1.807) is 12.4 Å². The van der Waals surface area contributed by atoms with Crippen LogP contribution in [0.3, 0.4) is 0 Å². The number of pyridine rings is 1. The number of phenols is 1. The molecule has 0 saturated heterocycles. The zero-order valence-corrected chi connectivity index (χ0v) is 17.1. The van der Waals surface area contributed by atoms with E-state index in [1.165, 1.54) is 0 Å². The van der Waals surface area contributed by atoms with E-state index in [-0.39, 0.29) is 11.0 Å². The van der Waals surface area contributed by atoms with Gasteiger partial charge >= 0.3 is 0 Å². The lowest BCUT2D eigenvalue weighted by Gasteiger charge is -2.29. The summed E-state index contributed by atoms with van der Waals surface area (Å²) < 4.78 is 0. The van der Waals surface area contributed by atoms with Gasteiger partial charge in [0.15, 0.2) is 0 Å². The molecule has 3 aromatic rings. The molecule has 4 rings (SSSR count). The molecule has 0 unspecified atom stereocenters. The van der Waals surface area contributed by atoms with Crippen LogP contribution in [-0.4, -0.2) is 31.5 Å². The number of nitrogens with zero attached hydrogens (tertiary/aromatic N) is 3. The molecule has 0 aliphatic carbocycles. The van der Waals surface area contributed by atoms with Gasteiger partial charge in [-0.2, -0.15) is 0 Å². The summed E-state index contributed by atoms with van der Waals surface area (Å²) in [6, 6.07) is 9.63. The Morgan fingerprint density at radius 2 is 2.03 bits per heavy atom.